The SMILES string of the molecule is COc1cc(C(C)C)c(Cl)c(CCCCN)c1OC. The van der Waals surface area contributed by atoms with E-state index in [-0.39, 0.29) is 0 Å². The molecule has 0 unspecified atom stereocenters. The average Bonchev–Trinajstić information content (AvgIpc) is 2.39. The van der Waals surface area contributed by atoms with E-state index in [0.29, 0.717) is 12.5 Å². The fraction of sp³-hybridized carbons (Fsp3) is 0.600. The van der Waals surface area contributed by atoms with Gasteiger partial charge in [-0.2, -0.15) is 0 Å². The van der Waals surface area contributed by atoms with Crippen molar-refractivity contribution in [3.05, 3.63) is 22.2 Å². The van der Waals surface area contributed by atoms with Crippen LogP contribution in [0.15, 0.2) is 6.07 Å². The molecule has 0 spiro atoms. The molecule has 4 heteroatoms. The lowest BCUT2D eigenvalue weighted by Gasteiger charge is -2.19. The van der Waals surface area contributed by atoms with Crippen LogP contribution >= 0.6 is 11.6 Å². The fourth-order valence-electron chi connectivity index (χ4n) is 2.16. The summed E-state index contributed by atoms with van der Waals surface area (Å²) in [6.07, 6.45) is 2.83. The zero-order valence-electron chi connectivity index (χ0n) is 12.3. The lowest BCUT2D eigenvalue weighted by Crippen LogP contribution is -2.04. The second-order valence-corrected chi connectivity index (χ2v) is 5.27. The van der Waals surface area contributed by atoms with Gasteiger partial charge in [0, 0.05) is 5.56 Å². The average molecular weight is 286 g/mol. The Labute approximate surface area is 121 Å². The molecule has 1 aromatic carbocycles. The molecule has 108 valence electrons. The number of halogens is 1. The smallest absolute Gasteiger partial charge is 0.165 e. The largest absolute Gasteiger partial charge is 0.493 e. The Morgan fingerprint density at radius 3 is 2.37 bits per heavy atom. The third kappa shape index (κ3) is 3.77. The number of hydrogen-bond donors (Lipinski definition) is 1. The van der Waals surface area contributed by atoms with Crippen LogP contribution in [0.3, 0.4) is 0 Å². The highest BCUT2D eigenvalue weighted by molar-refractivity contribution is 6.32. The fourth-order valence-corrected chi connectivity index (χ4v) is 2.61. The Hall–Kier alpha value is -0.930. The number of benzene rings is 1. The highest BCUT2D eigenvalue weighted by Crippen LogP contribution is 2.41. The van der Waals surface area contributed by atoms with Crippen LogP contribution in [-0.2, 0) is 6.42 Å². The topological polar surface area (TPSA) is 44.5 Å². The van der Waals surface area contributed by atoms with Crippen LogP contribution in [0.1, 0.15) is 43.7 Å². The van der Waals surface area contributed by atoms with Gasteiger partial charge in [0.15, 0.2) is 11.5 Å². The van der Waals surface area contributed by atoms with E-state index in [0.717, 1.165) is 46.9 Å². The molecule has 0 saturated carbocycles. The van der Waals surface area contributed by atoms with Gasteiger partial charge < -0.3 is 15.2 Å². The molecule has 0 atom stereocenters. The highest BCUT2D eigenvalue weighted by atomic mass is 35.5. The van der Waals surface area contributed by atoms with Crippen LogP contribution in [0, 0.1) is 0 Å². The van der Waals surface area contributed by atoms with Gasteiger partial charge in [0.2, 0.25) is 0 Å². The van der Waals surface area contributed by atoms with Crippen LogP contribution in [0.4, 0.5) is 0 Å². The van der Waals surface area contributed by atoms with Gasteiger partial charge in [0.1, 0.15) is 0 Å². The number of methoxy groups -OCH3 is 2. The number of rotatable bonds is 7. The molecule has 0 aliphatic heterocycles. The molecule has 0 aliphatic rings. The third-order valence-corrected chi connectivity index (χ3v) is 3.68. The first-order valence-electron chi connectivity index (χ1n) is 6.70. The van der Waals surface area contributed by atoms with Crippen LogP contribution in [0.5, 0.6) is 11.5 Å². The molecule has 1 rings (SSSR count). The Balaban J connectivity index is 3.25. The van der Waals surface area contributed by atoms with Gasteiger partial charge in [-0.25, -0.2) is 0 Å². The van der Waals surface area contributed by atoms with Crippen LogP contribution < -0.4 is 15.2 Å². The first-order chi connectivity index (χ1) is 9.06. The Kier molecular flexibility index (Phi) is 6.46. The summed E-state index contributed by atoms with van der Waals surface area (Å²) >= 11 is 6.53. The number of hydrogen-bond acceptors (Lipinski definition) is 3. The molecule has 0 aromatic heterocycles. The Bertz CT molecular complexity index is 419. The summed E-state index contributed by atoms with van der Waals surface area (Å²) < 4.78 is 10.9. The van der Waals surface area contributed by atoms with Gasteiger partial charge in [0.05, 0.1) is 19.2 Å². The van der Waals surface area contributed by atoms with E-state index in [1.54, 1.807) is 14.2 Å². The molecule has 0 amide bonds. The van der Waals surface area contributed by atoms with Gasteiger partial charge in [-0.1, -0.05) is 25.4 Å². The van der Waals surface area contributed by atoms with Crippen molar-refractivity contribution in [2.45, 2.75) is 39.0 Å². The molecule has 0 bridgehead atoms. The Morgan fingerprint density at radius 1 is 1.21 bits per heavy atom. The molecular weight excluding hydrogens is 262 g/mol. The maximum absolute atomic E-state index is 6.53. The van der Waals surface area contributed by atoms with E-state index in [9.17, 15) is 0 Å². The van der Waals surface area contributed by atoms with E-state index in [1.165, 1.54) is 0 Å². The molecule has 0 fully saturated rings. The molecular formula is C15H24ClNO2. The summed E-state index contributed by atoms with van der Waals surface area (Å²) in [6.45, 7) is 4.94. The molecule has 0 saturated heterocycles. The predicted molar refractivity (Wildman–Crippen MR) is 80.6 cm³/mol. The van der Waals surface area contributed by atoms with E-state index >= 15 is 0 Å². The van der Waals surface area contributed by atoms with E-state index < -0.39 is 0 Å². The second kappa shape index (κ2) is 7.61. The monoisotopic (exact) mass is 285 g/mol. The number of unbranched alkanes of at least 4 members (excludes halogenated alkanes) is 1. The van der Waals surface area contributed by atoms with Gasteiger partial charge in [-0.3, -0.25) is 0 Å². The minimum Gasteiger partial charge on any atom is -0.493 e. The van der Waals surface area contributed by atoms with Crippen molar-refractivity contribution in [1.82, 2.24) is 0 Å². The van der Waals surface area contributed by atoms with Crippen molar-refractivity contribution in [2.24, 2.45) is 5.73 Å². The molecule has 19 heavy (non-hydrogen) atoms. The van der Waals surface area contributed by atoms with Crippen molar-refractivity contribution in [1.29, 1.82) is 0 Å². The summed E-state index contributed by atoms with van der Waals surface area (Å²) in [6, 6.07) is 1.97. The van der Waals surface area contributed by atoms with Crippen molar-refractivity contribution in [2.75, 3.05) is 20.8 Å². The zero-order valence-corrected chi connectivity index (χ0v) is 13.0. The molecule has 2 N–H and O–H groups in total. The molecule has 1 aromatic rings. The van der Waals surface area contributed by atoms with Gasteiger partial charge in [-0.15, -0.1) is 0 Å². The minimum atomic E-state index is 0.348. The molecule has 0 aliphatic carbocycles. The summed E-state index contributed by atoms with van der Waals surface area (Å²) in [7, 11) is 3.30. The number of ether oxygens (including phenoxy) is 2. The normalized spacial score (nSPS) is 10.9. The van der Waals surface area contributed by atoms with Crippen molar-refractivity contribution in [3.63, 3.8) is 0 Å². The van der Waals surface area contributed by atoms with Crippen molar-refractivity contribution >= 4 is 11.6 Å². The maximum atomic E-state index is 6.53. The summed E-state index contributed by atoms with van der Waals surface area (Å²) in [4.78, 5) is 0. The molecule has 0 heterocycles. The van der Waals surface area contributed by atoms with Gasteiger partial charge >= 0.3 is 0 Å². The highest BCUT2D eigenvalue weighted by Gasteiger charge is 2.19. The first-order valence-corrected chi connectivity index (χ1v) is 7.07. The quantitative estimate of drug-likeness (QED) is 0.776. The summed E-state index contributed by atoms with van der Waals surface area (Å²) in [5, 5.41) is 0.796. The third-order valence-electron chi connectivity index (χ3n) is 3.23. The van der Waals surface area contributed by atoms with Crippen LogP contribution in [0.25, 0.3) is 0 Å². The van der Waals surface area contributed by atoms with E-state index in [4.69, 9.17) is 26.8 Å². The lowest BCUT2D eigenvalue weighted by molar-refractivity contribution is 0.350. The lowest BCUT2D eigenvalue weighted by atomic mass is 9.96. The van der Waals surface area contributed by atoms with Crippen LogP contribution in [-0.4, -0.2) is 20.8 Å². The Morgan fingerprint density at radius 2 is 1.89 bits per heavy atom. The molecule has 3 nitrogen and oxygen atoms in total. The van der Waals surface area contributed by atoms with Crippen molar-refractivity contribution < 1.29 is 9.47 Å². The van der Waals surface area contributed by atoms with Crippen LogP contribution in [0.2, 0.25) is 5.02 Å². The zero-order chi connectivity index (χ0) is 14.4. The van der Waals surface area contributed by atoms with Gasteiger partial charge in [0.25, 0.3) is 0 Å². The second-order valence-electron chi connectivity index (χ2n) is 4.89. The number of nitrogens with two attached hydrogens (primary N) is 1. The molecule has 0 radical (unpaired) electrons. The van der Waals surface area contributed by atoms with E-state index in [1.807, 2.05) is 6.07 Å². The summed E-state index contributed by atoms with van der Waals surface area (Å²) in [5.41, 5.74) is 7.67. The predicted octanol–water partition coefficient (Wildman–Crippen LogP) is 3.76. The minimum absolute atomic E-state index is 0.348. The van der Waals surface area contributed by atoms with Gasteiger partial charge in [-0.05, 0) is 43.4 Å². The maximum Gasteiger partial charge on any atom is 0.165 e. The first kappa shape index (κ1) is 16.1. The summed E-state index contributed by atoms with van der Waals surface area (Å²) in [5.74, 6) is 1.84. The standard InChI is InChI=1S/C15H24ClNO2/c1-10(2)12-9-13(18-3)15(19-4)11(14(12)16)7-5-6-8-17/h9-10H,5-8,17H2,1-4H3. The van der Waals surface area contributed by atoms with E-state index in [2.05, 4.69) is 13.8 Å². The van der Waals surface area contributed by atoms with Crippen molar-refractivity contribution in [3.8, 4) is 11.5 Å².